The number of benzene rings is 2. The third-order valence-corrected chi connectivity index (χ3v) is 6.95. The van der Waals surface area contributed by atoms with E-state index in [9.17, 15) is 19.8 Å². The van der Waals surface area contributed by atoms with E-state index in [-0.39, 0.29) is 34.1 Å². The molecule has 0 aromatic heterocycles. The van der Waals surface area contributed by atoms with E-state index >= 15 is 0 Å². The summed E-state index contributed by atoms with van der Waals surface area (Å²) in [6, 6.07) is 8.58. The van der Waals surface area contributed by atoms with Crippen molar-refractivity contribution in [3.8, 4) is 17.2 Å². The van der Waals surface area contributed by atoms with Gasteiger partial charge in [0.1, 0.15) is 22.8 Å². The Morgan fingerprint density at radius 2 is 1.39 bits per heavy atom. The molecule has 0 saturated carbocycles. The van der Waals surface area contributed by atoms with E-state index < -0.39 is 21.8 Å². The first-order valence-electron chi connectivity index (χ1n) is 12.8. The van der Waals surface area contributed by atoms with Gasteiger partial charge in [-0.2, -0.15) is 0 Å². The molecule has 1 unspecified atom stereocenters. The van der Waals surface area contributed by atoms with Gasteiger partial charge in [0.15, 0.2) is 6.10 Å². The standard InChI is InChI=1S/C28H34Cl4O6/c1-2-3-4-5-6-7-8-9-10-11-12-25(27(35)36)38-24-16-14-19(17-21(24)26(33)34)37-20-13-15-22(23(29)18-20)28(30,31)32/h13-18,25H,2-12H2,1H3,(H,33,34)(H,35,36). The molecule has 10 heteroatoms. The molecule has 0 amide bonds. The van der Waals surface area contributed by atoms with Gasteiger partial charge in [0.25, 0.3) is 0 Å². The van der Waals surface area contributed by atoms with E-state index in [4.69, 9.17) is 55.9 Å². The number of carboxylic acids is 2. The van der Waals surface area contributed by atoms with Crippen LogP contribution in [0, 0.1) is 0 Å². The molecule has 2 aromatic rings. The first kappa shape index (κ1) is 32.4. The van der Waals surface area contributed by atoms with Gasteiger partial charge in [0.05, 0.1) is 5.02 Å². The number of unbranched alkanes of at least 4 members (excludes halogenated alkanes) is 9. The van der Waals surface area contributed by atoms with Crippen LogP contribution in [-0.4, -0.2) is 28.3 Å². The minimum Gasteiger partial charge on any atom is -0.479 e. The minimum absolute atomic E-state index is 0.0473. The summed E-state index contributed by atoms with van der Waals surface area (Å²) in [5, 5.41) is 19.5. The molecule has 38 heavy (non-hydrogen) atoms. The first-order valence-corrected chi connectivity index (χ1v) is 14.4. The van der Waals surface area contributed by atoms with Crippen LogP contribution in [-0.2, 0) is 8.59 Å². The smallest absolute Gasteiger partial charge is 0.344 e. The van der Waals surface area contributed by atoms with Crippen molar-refractivity contribution in [2.75, 3.05) is 0 Å². The largest absolute Gasteiger partial charge is 0.479 e. The quantitative estimate of drug-likeness (QED) is 0.137. The van der Waals surface area contributed by atoms with Gasteiger partial charge < -0.3 is 19.7 Å². The molecule has 0 radical (unpaired) electrons. The van der Waals surface area contributed by atoms with Crippen molar-refractivity contribution in [3.05, 3.63) is 52.5 Å². The zero-order valence-electron chi connectivity index (χ0n) is 21.4. The fraction of sp³-hybridized carbons (Fsp3) is 0.500. The molecule has 6 nitrogen and oxygen atoms in total. The van der Waals surface area contributed by atoms with Gasteiger partial charge in [-0.25, -0.2) is 9.59 Å². The Morgan fingerprint density at radius 1 is 0.842 bits per heavy atom. The Kier molecular flexibility index (Phi) is 13.9. The lowest BCUT2D eigenvalue weighted by Crippen LogP contribution is -2.27. The lowest BCUT2D eigenvalue weighted by Gasteiger charge is -2.18. The number of aromatic carboxylic acids is 1. The van der Waals surface area contributed by atoms with Crippen molar-refractivity contribution in [2.24, 2.45) is 0 Å². The van der Waals surface area contributed by atoms with E-state index in [1.165, 1.54) is 74.9 Å². The van der Waals surface area contributed by atoms with Crippen LogP contribution in [0.3, 0.4) is 0 Å². The van der Waals surface area contributed by atoms with Gasteiger partial charge in [-0.3, -0.25) is 0 Å². The third kappa shape index (κ3) is 11.1. The van der Waals surface area contributed by atoms with Crippen molar-refractivity contribution in [2.45, 2.75) is 87.4 Å². The summed E-state index contributed by atoms with van der Waals surface area (Å²) < 4.78 is 9.63. The maximum absolute atomic E-state index is 11.9. The van der Waals surface area contributed by atoms with Gasteiger partial charge in [0, 0.05) is 5.56 Å². The Hall–Kier alpha value is -1.86. The maximum atomic E-state index is 11.9. The zero-order chi connectivity index (χ0) is 28.1. The van der Waals surface area contributed by atoms with Crippen LogP contribution in [0.4, 0.5) is 0 Å². The molecule has 1 atom stereocenters. The van der Waals surface area contributed by atoms with Crippen molar-refractivity contribution >= 4 is 58.3 Å². The van der Waals surface area contributed by atoms with E-state index in [2.05, 4.69) is 6.92 Å². The van der Waals surface area contributed by atoms with Crippen LogP contribution in [0.2, 0.25) is 5.02 Å². The number of carboxylic acid groups (broad SMARTS) is 2. The van der Waals surface area contributed by atoms with Crippen LogP contribution >= 0.6 is 46.4 Å². The third-order valence-electron chi connectivity index (χ3n) is 6.03. The summed E-state index contributed by atoms with van der Waals surface area (Å²) in [6.07, 6.45) is 10.4. The fourth-order valence-electron chi connectivity index (χ4n) is 3.97. The van der Waals surface area contributed by atoms with Gasteiger partial charge in [0.2, 0.25) is 3.79 Å². The van der Waals surface area contributed by atoms with Gasteiger partial charge >= 0.3 is 11.9 Å². The molecule has 210 valence electrons. The Balaban J connectivity index is 1.96. The number of carbonyl (C=O) groups is 2. The van der Waals surface area contributed by atoms with E-state index in [1.54, 1.807) is 0 Å². The van der Waals surface area contributed by atoms with Crippen LogP contribution in [0.1, 0.15) is 93.5 Å². The highest BCUT2D eigenvalue weighted by atomic mass is 35.6. The van der Waals surface area contributed by atoms with Crippen molar-refractivity contribution in [1.29, 1.82) is 0 Å². The molecule has 0 aliphatic rings. The molecule has 0 aliphatic carbocycles. The molecule has 2 aromatic carbocycles. The lowest BCUT2D eigenvalue weighted by atomic mass is 10.0. The molecule has 0 saturated heterocycles. The number of aliphatic carboxylic acids is 1. The van der Waals surface area contributed by atoms with Crippen molar-refractivity contribution < 1.29 is 29.3 Å². The predicted octanol–water partition coefficient (Wildman–Crippen LogP) is 9.80. The number of ether oxygens (including phenoxy) is 2. The second-order valence-electron chi connectivity index (χ2n) is 9.12. The molecule has 0 fully saturated rings. The molecule has 2 N–H and O–H groups in total. The average Bonchev–Trinajstić information content (AvgIpc) is 2.84. The number of hydrogen-bond donors (Lipinski definition) is 2. The molecular formula is C28H34Cl4O6. The highest BCUT2D eigenvalue weighted by Gasteiger charge is 2.26. The summed E-state index contributed by atoms with van der Waals surface area (Å²) in [4.78, 5) is 23.7. The highest BCUT2D eigenvalue weighted by molar-refractivity contribution is 6.67. The van der Waals surface area contributed by atoms with Crippen LogP contribution < -0.4 is 9.47 Å². The number of alkyl halides is 3. The number of rotatable bonds is 17. The summed E-state index contributed by atoms with van der Waals surface area (Å²) in [5.41, 5.74) is 0.0504. The molecular weight excluding hydrogens is 574 g/mol. The lowest BCUT2D eigenvalue weighted by molar-refractivity contribution is -0.145. The maximum Gasteiger partial charge on any atom is 0.344 e. The topological polar surface area (TPSA) is 93.1 Å². The molecule has 2 rings (SSSR count). The fourth-order valence-corrected chi connectivity index (χ4v) is 4.92. The highest BCUT2D eigenvalue weighted by Crippen LogP contribution is 2.43. The number of halogens is 4. The molecule has 0 aliphatic heterocycles. The summed E-state index contributed by atoms with van der Waals surface area (Å²) in [7, 11) is 0. The van der Waals surface area contributed by atoms with Crippen LogP contribution in [0.25, 0.3) is 0 Å². The number of hydrogen-bond acceptors (Lipinski definition) is 4. The normalized spacial score (nSPS) is 12.2. The van der Waals surface area contributed by atoms with Gasteiger partial charge in [-0.15, -0.1) is 0 Å². The predicted molar refractivity (Wildman–Crippen MR) is 153 cm³/mol. The summed E-state index contributed by atoms with van der Waals surface area (Å²) in [5.74, 6) is -1.98. The van der Waals surface area contributed by atoms with Crippen LogP contribution in [0.15, 0.2) is 36.4 Å². The second-order valence-corrected chi connectivity index (χ2v) is 11.8. The average molecular weight is 608 g/mol. The van der Waals surface area contributed by atoms with Crippen molar-refractivity contribution in [3.63, 3.8) is 0 Å². The zero-order valence-corrected chi connectivity index (χ0v) is 24.4. The van der Waals surface area contributed by atoms with E-state index in [1.807, 2.05) is 0 Å². The molecule has 0 spiro atoms. The molecule has 0 bridgehead atoms. The van der Waals surface area contributed by atoms with Gasteiger partial charge in [-0.1, -0.05) is 111 Å². The SMILES string of the molecule is CCCCCCCCCCCCC(Oc1ccc(Oc2ccc(C(Cl)(Cl)Cl)c(Cl)c2)cc1C(=O)O)C(=O)O. The minimum atomic E-state index is -1.71. The second kappa shape index (κ2) is 16.3. The monoisotopic (exact) mass is 606 g/mol. The van der Waals surface area contributed by atoms with Crippen molar-refractivity contribution in [1.82, 2.24) is 0 Å². The summed E-state index contributed by atoms with van der Waals surface area (Å²) in [6.45, 7) is 2.20. The Labute approximate surface area is 244 Å². The molecule has 0 heterocycles. The summed E-state index contributed by atoms with van der Waals surface area (Å²) >= 11 is 23.8. The Bertz CT molecular complexity index is 1050. The first-order chi connectivity index (χ1) is 18.0. The van der Waals surface area contributed by atoms with E-state index in [0.29, 0.717) is 12.2 Å². The van der Waals surface area contributed by atoms with Crippen LogP contribution in [0.5, 0.6) is 17.2 Å². The van der Waals surface area contributed by atoms with E-state index in [0.717, 1.165) is 19.3 Å². The van der Waals surface area contributed by atoms with Gasteiger partial charge in [-0.05, 0) is 49.2 Å². The Morgan fingerprint density at radius 3 is 1.92 bits per heavy atom.